The van der Waals surface area contributed by atoms with Gasteiger partial charge >= 0.3 is 0 Å². The van der Waals surface area contributed by atoms with Gasteiger partial charge in [-0.15, -0.1) is 11.3 Å². The molecule has 5 nitrogen and oxygen atoms in total. The number of fused-ring (bicyclic) bond motifs is 9. The lowest BCUT2D eigenvalue weighted by molar-refractivity contribution is 0.409. The van der Waals surface area contributed by atoms with Crippen LogP contribution in [-0.4, -0.2) is 10.4 Å². The minimum atomic E-state index is -0.194. The molecule has 0 bridgehead atoms. The Hall–Kier alpha value is -6.99. The molecule has 0 fully saturated rings. The summed E-state index contributed by atoms with van der Waals surface area (Å²) in [5, 5.41) is 14.7. The first kappa shape index (κ1) is 32.3. The van der Waals surface area contributed by atoms with Crippen molar-refractivity contribution in [1.82, 2.24) is 15.2 Å². The summed E-state index contributed by atoms with van der Waals surface area (Å²) in [7, 11) is 0. The molecule has 2 N–H and O–H groups in total. The van der Waals surface area contributed by atoms with E-state index in [0.717, 1.165) is 50.0 Å². The van der Waals surface area contributed by atoms with Crippen molar-refractivity contribution >= 4 is 81.1 Å². The quantitative estimate of drug-likeness (QED) is 0.184. The smallest absolute Gasteiger partial charge is 0.135 e. The number of aromatic nitrogens is 1. The third-order valence-corrected chi connectivity index (χ3v) is 12.6. The normalized spacial score (nSPS) is 15.9. The van der Waals surface area contributed by atoms with Gasteiger partial charge < -0.3 is 14.3 Å². The van der Waals surface area contributed by atoms with Crippen molar-refractivity contribution in [3.63, 3.8) is 0 Å². The average Bonchev–Trinajstić information content (AvgIpc) is 3.95. The minimum Gasteiger partial charge on any atom is -0.456 e. The highest BCUT2D eigenvalue weighted by Crippen LogP contribution is 2.40. The molecule has 12 rings (SSSR count). The number of rotatable bonds is 5. The monoisotopic (exact) mass is 750 g/mol. The number of hydrogen-bond donors (Lipinski definition) is 2. The molecule has 270 valence electrons. The van der Waals surface area contributed by atoms with E-state index in [1.54, 1.807) is 0 Å². The predicted molar refractivity (Wildman–Crippen MR) is 238 cm³/mol. The Morgan fingerprint density at radius 1 is 0.474 bits per heavy atom. The Morgan fingerprint density at radius 3 is 1.75 bits per heavy atom. The Labute approximate surface area is 332 Å². The summed E-state index contributed by atoms with van der Waals surface area (Å²) < 4.78 is 11.4. The average molecular weight is 751 g/mol. The lowest BCUT2D eigenvalue weighted by atomic mass is 10.0. The van der Waals surface area contributed by atoms with E-state index in [2.05, 4.69) is 185 Å². The fourth-order valence-corrected chi connectivity index (χ4v) is 9.90. The Balaban J connectivity index is 0.924. The van der Waals surface area contributed by atoms with Gasteiger partial charge in [-0.2, -0.15) is 0 Å². The van der Waals surface area contributed by atoms with Gasteiger partial charge in [-0.05, 0) is 82.9 Å². The molecule has 0 spiro atoms. The van der Waals surface area contributed by atoms with Crippen LogP contribution in [0.15, 0.2) is 191 Å². The molecule has 0 aliphatic carbocycles. The molecule has 1 aliphatic rings. The summed E-state index contributed by atoms with van der Waals surface area (Å²) in [6.07, 6.45) is -0.295. The zero-order valence-electron chi connectivity index (χ0n) is 30.7. The highest BCUT2D eigenvalue weighted by atomic mass is 32.1. The lowest BCUT2D eigenvalue weighted by Gasteiger charge is -2.32. The van der Waals surface area contributed by atoms with Gasteiger partial charge in [0, 0.05) is 53.0 Å². The van der Waals surface area contributed by atoms with E-state index in [9.17, 15) is 0 Å². The molecule has 0 saturated heterocycles. The number of aliphatic imine (C=N–C) groups is 1. The van der Waals surface area contributed by atoms with Gasteiger partial charge in [-0.1, -0.05) is 121 Å². The predicted octanol–water partition coefficient (Wildman–Crippen LogP) is 13.1. The van der Waals surface area contributed by atoms with Gasteiger partial charge in [-0.25, -0.2) is 4.99 Å². The molecule has 1 aliphatic heterocycles. The maximum Gasteiger partial charge on any atom is 0.135 e. The van der Waals surface area contributed by atoms with E-state index < -0.39 is 0 Å². The van der Waals surface area contributed by atoms with E-state index in [1.165, 1.54) is 53.2 Å². The van der Waals surface area contributed by atoms with Crippen molar-refractivity contribution in [3.05, 3.63) is 199 Å². The maximum absolute atomic E-state index is 6.40. The van der Waals surface area contributed by atoms with Gasteiger partial charge in [-0.3, -0.25) is 5.32 Å². The molecule has 6 heteroatoms. The zero-order valence-corrected chi connectivity index (χ0v) is 31.5. The van der Waals surface area contributed by atoms with Crippen LogP contribution in [0.5, 0.6) is 0 Å². The van der Waals surface area contributed by atoms with Crippen molar-refractivity contribution in [2.24, 2.45) is 4.99 Å². The van der Waals surface area contributed by atoms with E-state index in [4.69, 9.17) is 9.41 Å². The van der Waals surface area contributed by atoms with Crippen LogP contribution in [0.3, 0.4) is 0 Å². The number of para-hydroxylation sites is 2. The first-order valence-corrected chi connectivity index (χ1v) is 20.2. The van der Waals surface area contributed by atoms with Crippen LogP contribution in [0, 0.1) is 0 Å². The molecule has 2 unspecified atom stereocenters. The van der Waals surface area contributed by atoms with E-state index in [0.29, 0.717) is 0 Å². The van der Waals surface area contributed by atoms with Crippen LogP contribution in [-0.2, 0) is 0 Å². The van der Waals surface area contributed by atoms with E-state index >= 15 is 0 Å². The van der Waals surface area contributed by atoms with Crippen molar-refractivity contribution in [2.45, 2.75) is 12.3 Å². The third kappa shape index (κ3) is 5.30. The first-order valence-electron chi connectivity index (χ1n) is 19.3. The molecule has 57 heavy (non-hydrogen) atoms. The van der Waals surface area contributed by atoms with Crippen LogP contribution in [0.1, 0.15) is 29.0 Å². The number of amidine groups is 1. The Bertz CT molecular complexity index is 3320. The van der Waals surface area contributed by atoms with Crippen molar-refractivity contribution in [1.29, 1.82) is 0 Å². The highest BCUT2D eigenvalue weighted by molar-refractivity contribution is 7.25. The summed E-state index contributed by atoms with van der Waals surface area (Å²) in [5.41, 5.74) is 11.0. The van der Waals surface area contributed by atoms with E-state index in [1.807, 2.05) is 23.5 Å². The topological polar surface area (TPSA) is 54.5 Å². The van der Waals surface area contributed by atoms with Gasteiger partial charge in [0.25, 0.3) is 0 Å². The largest absolute Gasteiger partial charge is 0.456 e. The second-order valence-corrected chi connectivity index (χ2v) is 15.9. The van der Waals surface area contributed by atoms with Gasteiger partial charge in [0.15, 0.2) is 0 Å². The standard InChI is InChI=1S/C51H34N4OS/c1-3-11-31(12-4-1)49-52-50(32-13-5-2-6-14-32)54-51(53-49)35-21-26-46-42(28-35)41-27-33(20-25-45(41)56-46)34-19-23-39-40-24-22-36(30-48(40)57-47(39)29-34)55-43-17-9-7-15-37(43)38-16-8-10-18-44(38)55/h1-30,49-50,52H,(H,53,54). The third-order valence-electron chi connectivity index (χ3n) is 11.5. The fourth-order valence-electron chi connectivity index (χ4n) is 8.72. The summed E-state index contributed by atoms with van der Waals surface area (Å²) in [4.78, 5) is 5.19. The molecule has 0 amide bonds. The number of furan rings is 1. The highest BCUT2D eigenvalue weighted by Gasteiger charge is 2.26. The molecule has 3 aromatic heterocycles. The van der Waals surface area contributed by atoms with Crippen molar-refractivity contribution in [3.8, 4) is 16.8 Å². The van der Waals surface area contributed by atoms with E-state index in [-0.39, 0.29) is 12.3 Å². The van der Waals surface area contributed by atoms with Crippen LogP contribution >= 0.6 is 11.3 Å². The van der Waals surface area contributed by atoms with Crippen molar-refractivity contribution in [2.75, 3.05) is 0 Å². The molecule has 0 saturated carbocycles. The molecule has 11 aromatic rings. The summed E-state index contributed by atoms with van der Waals surface area (Å²) >= 11 is 1.86. The van der Waals surface area contributed by atoms with Gasteiger partial charge in [0.1, 0.15) is 29.3 Å². The zero-order chi connectivity index (χ0) is 37.5. The summed E-state index contributed by atoms with van der Waals surface area (Å²) in [5.74, 6) is 0.848. The van der Waals surface area contributed by atoms with Crippen LogP contribution in [0.4, 0.5) is 0 Å². The first-order chi connectivity index (χ1) is 28.2. The number of hydrogen-bond acceptors (Lipinski definition) is 5. The Kier molecular flexibility index (Phi) is 7.24. The Morgan fingerprint density at radius 2 is 1.04 bits per heavy atom. The molecule has 2 atom stereocenters. The van der Waals surface area contributed by atoms with Crippen LogP contribution in [0.2, 0.25) is 0 Å². The number of nitrogens with one attached hydrogen (secondary N) is 2. The summed E-state index contributed by atoms with van der Waals surface area (Å²) in [6.45, 7) is 0. The van der Waals surface area contributed by atoms with Crippen LogP contribution < -0.4 is 10.6 Å². The second kappa shape index (κ2) is 12.8. The lowest BCUT2D eigenvalue weighted by Crippen LogP contribution is -2.44. The fraction of sp³-hybridized carbons (Fsp3) is 0.0392. The van der Waals surface area contributed by atoms with Gasteiger partial charge in [0.2, 0.25) is 0 Å². The number of thiophene rings is 1. The van der Waals surface area contributed by atoms with Crippen LogP contribution in [0.25, 0.3) is 80.7 Å². The molecular formula is C51H34N4OS. The van der Waals surface area contributed by atoms with Gasteiger partial charge in [0.05, 0.1) is 11.0 Å². The van der Waals surface area contributed by atoms with Crippen molar-refractivity contribution < 1.29 is 4.42 Å². The molecular weight excluding hydrogens is 717 g/mol. The molecule has 0 radical (unpaired) electrons. The minimum absolute atomic E-state index is 0.101. The SMILES string of the molecule is c1ccc(C2N=C(c3ccc4oc5ccc(-c6ccc7c(c6)sc6cc(-n8c9ccccc9c9ccccc98)ccc67)cc5c4c3)NC(c3ccccc3)N2)cc1. The number of nitrogens with zero attached hydrogens (tertiary/aromatic N) is 2. The molecule has 4 heterocycles. The number of benzene rings is 8. The summed E-state index contributed by atoms with van der Waals surface area (Å²) in [6, 6.07) is 65.0. The second-order valence-electron chi connectivity index (χ2n) is 14.8. The molecule has 8 aromatic carbocycles. The maximum atomic E-state index is 6.40.